The van der Waals surface area contributed by atoms with E-state index in [4.69, 9.17) is 0 Å². The summed E-state index contributed by atoms with van der Waals surface area (Å²) in [5.74, 6) is 0.538. The number of hydrogen-bond donors (Lipinski definition) is 0. The van der Waals surface area contributed by atoms with Gasteiger partial charge in [0.1, 0.15) is 0 Å². The Balaban J connectivity index is 1.57. The molecule has 3 rings (SSSR count). The van der Waals surface area contributed by atoms with Gasteiger partial charge in [0.2, 0.25) is 5.91 Å². The molecular formula is C18H23N3O2S2. The molecule has 1 aliphatic rings. The minimum atomic E-state index is -0.188. The number of para-hydroxylation sites is 1. The molecule has 1 unspecified atom stereocenters. The number of thioether (sulfide) groups is 1. The zero-order chi connectivity index (χ0) is 17.8. The fourth-order valence-corrected chi connectivity index (χ4v) is 4.82. The molecule has 2 amide bonds. The monoisotopic (exact) mass is 377 g/mol. The van der Waals surface area contributed by atoms with Gasteiger partial charge in [-0.1, -0.05) is 23.5 Å². The highest BCUT2D eigenvalue weighted by Crippen LogP contribution is 2.18. The molecule has 1 fully saturated rings. The van der Waals surface area contributed by atoms with Gasteiger partial charge in [0, 0.05) is 19.6 Å². The van der Waals surface area contributed by atoms with Crippen LogP contribution in [0.25, 0.3) is 10.2 Å². The number of aryl methyl sites for hydroxylation is 1. The van der Waals surface area contributed by atoms with Crippen molar-refractivity contribution in [1.82, 2.24) is 9.47 Å². The third kappa shape index (κ3) is 4.33. The number of amides is 2. The Labute approximate surface area is 155 Å². The summed E-state index contributed by atoms with van der Waals surface area (Å²) < 4.78 is 3.04. The summed E-state index contributed by atoms with van der Waals surface area (Å²) >= 11 is 2.86. The first kappa shape index (κ1) is 18.2. The standard InChI is InChI=1S/C18H23N3O2S2/c1-13-7-5-6-10-21(13)17(23)12-24-11-16(22)19-18-20(2)14-8-3-4-9-15(14)25-18/h3-4,8-9,13H,5-7,10-12H2,1-2H3. The van der Waals surface area contributed by atoms with E-state index in [0.717, 1.165) is 29.6 Å². The van der Waals surface area contributed by atoms with Crippen LogP contribution in [0.1, 0.15) is 26.2 Å². The number of nitrogens with zero attached hydrogens (tertiary/aromatic N) is 3. The van der Waals surface area contributed by atoms with E-state index < -0.39 is 0 Å². The molecule has 2 heterocycles. The van der Waals surface area contributed by atoms with E-state index in [0.29, 0.717) is 16.6 Å². The maximum absolute atomic E-state index is 12.3. The highest BCUT2D eigenvalue weighted by Gasteiger charge is 2.22. The predicted octanol–water partition coefficient (Wildman–Crippen LogP) is 2.80. The average molecular weight is 378 g/mol. The Bertz CT molecular complexity index is 840. The Morgan fingerprint density at radius 3 is 2.84 bits per heavy atom. The van der Waals surface area contributed by atoms with Crippen molar-refractivity contribution in [3.63, 3.8) is 0 Å². The number of carbonyl (C=O) groups is 2. The second-order valence-electron chi connectivity index (χ2n) is 6.34. The number of fused-ring (bicyclic) bond motifs is 1. The number of piperidine rings is 1. The molecule has 7 heteroatoms. The van der Waals surface area contributed by atoms with Gasteiger partial charge in [-0.05, 0) is 38.3 Å². The molecule has 1 aromatic heterocycles. The molecule has 1 aliphatic heterocycles. The van der Waals surface area contributed by atoms with Crippen molar-refractivity contribution in [3.8, 4) is 0 Å². The maximum atomic E-state index is 12.3. The molecule has 1 saturated heterocycles. The molecule has 0 aliphatic carbocycles. The zero-order valence-electron chi connectivity index (χ0n) is 14.6. The highest BCUT2D eigenvalue weighted by atomic mass is 32.2. The summed E-state index contributed by atoms with van der Waals surface area (Å²) in [5.41, 5.74) is 1.07. The van der Waals surface area contributed by atoms with Crippen LogP contribution in [-0.2, 0) is 16.6 Å². The quantitative estimate of drug-likeness (QED) is 0.823. The number of likely N-dealkylation sites (tertiary alicyclic amines) is 1. The summed E-state index contributed by atoms with van der Waals surface area (Å²) in [5, 5.41) is 0. The Kier molecular flexibility index (Phi) is 5.96. The van der Waals surface area contributed by atoms with E-state index >= 15 is 0 Å². The fourth-order valence-electron chi connectivity index (χ4n) is 3.10. The molecule has 25 heavy (non-hydrogen) atoms. The summed E-state index contributed by atoms with van der Waals surface area (Å²) in [6, 6.07) is 8.32. The van der Waals surface area contributed by atoms with Crippen molar-refractivity contribution < 1.29 is 9.59 Å². The first-order valence-corrected chi connectivity index (χ1v) is 10.5. The van der Waals surface area contributed by atoms with Gasteiger partial charge < -0.3 is 9.47 Å². The van der Waals surface area contributed by atoms with E-state index in [1.54, 1.807) is 0 Å². The lowest BCUT2D eigenvalue weighted by molar-refractivity contribution is -0.131. The summed E-state index contributed by atoms with van der Waals surface area (Å²) in [6.45, 7) is 2.94. The van der Waals surface area contributed by atoms with Crippen LogP contribution >= 0.6 is 23.1 Å². The molecule has 134 valence electrons. The molecule has 0 spiro atoms. The van der Waals surface area contributed by atoms with Crippen molar-refractivity contribution in [2.75, 3.05) is 18.1 Å². The van der Waals surface area contributed by atoms with Gasteiger partial charge in [-0.2, -0.15) is 4.99 Å². The number of thiazole rings is 1. The second kappa shape index (κ2) is 8.19. The molecule has 1 aromatic carbocycles. The molecule has 0 saturated carbocycles. The molecule has 5 nitrogen and oxygen atoms in total. The van der Waals surface area contributed by atoms with Crippen molar-refractivity contribution in [2.24, 2.45) is 12.0 Å². The van der Waals surface area contributed by atoms with Crippen LogP contribution in [0.5, 0.6) is 0 Å². The smallest absolute Gasteiger partial charge is 0.258 e. The van der Waals surface area contributed by atoms with Crippen LogP contribution in [0.4, 0.5) is 0 Å². The Morgan fingerprint density at radius 1 is 1.28 bits per heavy atom. The lowest BCUT2D eigenvalue weighted by Gasteiger charge is -2.33. The molecule has 0 N–H and O–H groups in total. The van der Waals surface area contributed by atoms with Gasteiger partial charge >= 0.3 is 0 Å². The number of rotatable bonds is 4. The van der Waals surface area contributed by atoms with E-state index in [9.17, 15) is 9.59 Å². The first-order chi connectivity index (χ1) is 12.1. The Morgan fingerprint density at radius 2 is 2.08 bits per heavy atom. The molecule has 1 atom stereocenters. The third-order valence-electron chi connectivity index (χ3n) is 4.51. The summed E-state index contributed by atoms with van der Waals surface area (Å²) in [7, 11) is 1.92. The Hall–Kier alpha value is -1.60. The molecule has 2 aromatic rings. The number of carbonyl (C=O) groups excluding carboxylic acids is 2. The lowest BCUT2D eigenvalue weighted by atomic mass is 10.0. The largest absolute Gasteiger partial charge is 0.339 e. The minimum Gasteiger partial charge on any atom is -0.339 e. The number of aromatic nitrogens is 1. The average Bonchev–Trinajstić information content (AvgIpc) is 2.91. The third-order valence-corrected chi connectivity index (χ3v) is 6.52. The van der Waals surface area contributed by atoms with Crippen LogP contribution < -0.4 is 4.80 Å². The van der Waals surface area contributed by atoms with E-state index in [1.807, 2.05) is 40.8 Å². The van der Waals surface area contributed by atoms with Crippen molar-refractivity contribution in [1.29, 1.82) is 0 Å². The normalized spacial score (nSPS) is 18.7. The van der Waals surface area contributed by atoms with E-state index in [2.05, 4.69) is 11.9 Å². The van der Waals surface area contributed by atoms with Gasteiger partial charge in [0.15, 0.2) is 4.80 Å². The van der Waals surface area contributed by atoms with Crippen LogP contribution in [0, 0.1) is 0 Å². The van der Waals surface area contributed by atoms with Gasteiger partial charge in [-0.15, -0.1) is 11.8 Å². The molecular weight excluding hydrogens is 354 g/mol. The topological polar surface area (TPSA) is 54.7 Å². The van der Waals surface area contributed by atoms with Gasteiger partial charge in [0.25, 0.3) is 5.91 Å². The second-order valence-corrected chi connectivity index (χ2v) is 8.34. The van der Waals surface area contributed by atoms with Gasteiger partial charge in [-0.25, -0.2) is 0 Å². The molecule has 0 radical (unpaired) electrons. The zero-order valence-corrected chi connectivity index (χ0v) is 16.2. The van der Waals surface area contributed by atoms with Crippen LogP contribution in [-0.4, -0.2) is 45.4 Å². The predicted molar refractivity (Wildman–Crippen MR) is 104 cm³/mol. The van der Waals surface area contributed by atoms with Crippen molar-refractivity contribution >= 4 is 45.1 Å². The van der Waals surface area contributed by atoms with Crippen molar-refractivity contribution in [2.45, 2.75) is 32.2 Å². The SMILES string of the molecule is CC1CCCCN1C(=O)CSCC(=O)N=c1sc2ccccc2n1C. The highest BCUT2D eigenvalue weighted by molar-refractivity contribution is 8.00. The molecule has 0 bridgehead atoms. The summed E-state index contributed by atoms with van der Waals surface area (Å²) in [6.07, 6.45) is 3.35. The maximum Gasteiger partial charge on any atom is 0.258 e. The number of benzene rings is 1. The van der Waals surface area contributed by atoms with E-state index in [-0.39, 0.29) is 17.6 Å². The van der Waals surface area contributed by atoms with Crippen molar-refractivity contribution in [3.05, 3.63) is 29.1 Å². The summed E-state index contributed by atoms with van der Waals surface area (Å²) in [4.78, 5) is 31.3. The fraction of sp³-hybridized carbons (Fsp3) is 0.500. The van der Waals surface area contributed by atoms with Gasteiger partial charge in [-0.3, -0.25) is 9.59 Å². The van der Waals surface area contributed by atoms with Crippen LogP contribution in [0.3, 0.4) is 0 Å². The van der Waals surface area contributed by atoms with Crippen LogP contribution in [0.2, 0.25) is 0 Å². The first-order valence-electron chi connectivity index (χ1n) is 8.55. The minimum absolute atomic E-state index is 0.136. The van der Waals surface area contributed by atoms with Crippen LogP contribution in [0.15, 0.2) is 29.3 Å². The van der Waals surface area contributed by atoms with E-state index in [1.165, 1.54) is 29.5 Å². The lowest BCUT2D eigenvalue weighted by Crippen LogP contribution is -2.43. The van der Waals surface area contributed by atoms with Gasteiger partial charge in [0.05, 0.1) is 21.7 Å². The number of hydrogen-bond acceptors (Lipinski definition) is 4.